The number of nitrogens with one attached hydrogen (secondary N) is 1. The first-order chi connectivity index (χ1) is 9.94. The lowest BCUT2D eigenvalue weighted by Crippen LogP contribution is -2.54. The van der Waals surface area contributed by atoms with E-state index in [1.54, 1.807) is 0 Å². The molecule has 0 aliphatic heterocycles. The summed E-state index contributed by atoms with van der Waals surface area (Å²) in [5.74, 6) is 0.791. The van der Waals surface area contributed by atoms with Crippen molar-refractivity contribution in [3.63, 3.8) is 0 Å². The van der Waals surface area contributed by atoms with Gasteiger partial charge in [0.05, 0.1) is 12.1 Å². The number of aryl methyl sites for hydroxylation is 2. The molecule has 5 heteroatoms. The third kappa shape index (κ3) is 3.64. The van der Waals surface area contributed by atoms with Gasteiger partial charge < -0.3 is 14.7 Å². The van der Waals surface area contributed by atoms with Crippen LogP contribution in [0, 0.1) is 13.8 Å². The van der Waals surface area contributed by atoms with Crippen molar-refractivity contribution in [3.05, 3.63) is 17.0 Å². The minimum Gasteiger partial charge on any atom is -0.361 e. The summed E-state index contributed by atoms with van der Waals surface area (Å²) in [6.45, 7) is 4.45. The summed E-state index contributed by atoms with van der Waals surface area (Å²) in [4.78, 5) is 14.5. The quantitative estimate of drug-likeness (QED) is 0.904. The molecular formula is C16H27N3O2. The molecule has 2 rings (SSSR count). The van der Waals surface area contributed by atoms with Gasteiger partial charge in [0.1, 0.15) is 5.76 Å². The molecule has 1 amide bonds. The molecular weight excluding hydrogens is 266 g/mol. The molecule has 1 fully saturated rings. The summed E-state index contributed by atoms with van der Waals surface area (Å²) in [5.41, 5.74) is 1.84. The largest absolute Gasteiger partial charge is 0.361 e. The van der Waals surface area contributed by atoms with Gasteiger partial charge in [-0.1, -0.05) is 24.4 Å². The lowest BCUT2D eigenvalue weighted by Gasteiger charge is -2.43. The van der Waals surface area contributed by atoms with Gasteiger partial charge in [-0.05, 0) is 40.8 Å². The molecule has 21 heavy (non-hydrogen) atoms. The zero-order valence-corrected chi connectivity index (χ0v) is 13.7. The molecule has 1 aliphatic rings. The fraction of sp³-hybridized carbons (Fsp3) is 0.750. The summed E-state index contributed by atoms with van der Waals surface area (Å²) in [5, 5.41) is 7.02. The zero-order chi connectivity index (χ0) is 15.5. The number of carbonyl (C=O) groups excluding carboxylic acids is 1. The van der Waals surface area contributed by atoms with Crippen LogP contribution in [0.1, 0.15) is 49.1 Å². The molecule has 0 aromatic carbocycles. The first kappa shape index (κ1) is 16.0. The standard InChI is InChI=1S/C16H27N3O2/c1-12-14(13(2)21-18-12)10-15(20)17-11-16(19(3)4)8-6-5-7-9-16/h5-11H2,1-4H3,(H,17,20). The van der Waals surface area contributed by atoms with Gasteiger partial charge in [0, 0.05) is 17.6 Å². The molecule has 1 aromatic rings. The van der Waals surface area contributed by atoms with Crippen molar-refractivity contribution in [2.45, 2.75) is 57.9 Å². The maximum atomic E-state index is 12.2. The molecule has 0 unspecified atom stereocenters. The lowest BCUT2D eigenvalue weighted by molar-refractivity contribution is -0.121. The number of nitrogens with zero attached hydrogens (tertiary/aromatic N) is 2. The number of hydrogen-bond acceptors (Lipinski definition) is 4. The maximum absolute atomic E-state index is 12.2. The number of amides is 1. The van der Waals surface area contributed by atoms with E-state index in [0.717, 1.165) is 36.4 Å². The molecule has 1 saturated carbocycles. The van der Waals surface area contributed by atoms with Crippen LogP contribution < -0.4 is 5.32 Å². The molecule has 1 heterocycles. The first-order valence-electron chi connectivity index (χ1n) is 7.80. The van der Waals surface area contributed by atoms with E-state index in [9.17, 15) is 4.79 Å². The molecule has 1 aromatic heterocycles. The minimum atomic E-state index is 0.0520. The van der Waals surface area contributed by atoms with Crippen LogP contribution in [0.25, 0.3) is 0 Å². The highest BCUT2D eigenvalue weighted by Gasteiger charge is 2.34. The van der Waals surface area contributed by atoms with Crippen LogP contribution in [0.15, 0.2) is 4.52 Å². The third-order valence-electron chi connectivity index (χ3n) is 4.87. The van der Waals surface area contributed by atoms with Gasteiger partial charge in [0.15, 0.2) is 0 Å². The summed E-state index contributed by atoms with van der Waals surface area (Å²) in [7, 11) is 4.23. The molecule has 118 valence electrons. The van der Waals surface area contributed by atoms with E-state index >= 15 is 0 Å². The Bertz CT molecular complexity index is 468. The van der Waals surface area contributed by atoms with Gasteiger partial charge in [-0.25, -0.2) is 0 Å². The smallest absolute Gasteiger partial charge is 0.224 e. The van der Waals surface area contributed by atoms with E-state index < -0.39 is 0 Å². The van der Waals surface area contributed by atoms with Crippen molar-refractivity contribution >= 4 is 5.91 Å². The second-order valence-electron chi connectivity index (χ2n) is 6.44. The monoisotopic (exact) mass is 293 g/mol. The molecule has 0 atom stereocenters. The Balaban J connectivity index is 1.93. The average molecular weight is 293 g/mol. The van der Waals surface area contributed by atoms with Crippen molar-refractivity contribution in [3.8, 4) is 0 Å². The Hall–Kier alpha value is -1.36. The maximum Gasteiger partial charge on any atom is 0.224 e. The Morgan fingerprint density at radius 3 is 2.48 bits per heavy atom. The second-order valence-corrected chi connectivity index (χ2v) is 6.44. The number of rotatable bonds is 5. The van der Waals surface area contributed by atoms with Crippen molar-refractivity contribution in [2.24, 2.45) is 0 Å². The molecule has 0 saturated heterocycles. The number of likely N-dealkylation sites (N-methyl/N-ethyl adjacent to an activating group) is 1. The topological polar surface area (TPSA) is 58.4 Å². The lowest BCUT2D eigenvalue weighted by atomic mass is 9.80. The highest BCUT2D eigenvalue weighted by Crippen LogP contribution is 2.31. The third-order valence-corrected chi connectivity index (χ3v) is 4.87. The molecule has 1 N–H and O–H groups in total. The van der Waals surface area contributed by atoms with Gasteiger partial charge in [-0.2, -0.15) is 0 Å². The van der Waals surface area contributed by atoms with E-state index in [2.05, 4.69) is 29.5 Å². The van der Waals surface area contributed by atoms with Crippen molar-refractivity contribution in [2.75, 3.05) is 20.6 Å². The normalized spacial score (nSPS) is 18.0. The summed E-state index contributed by atoms with van der Waals surface area (Å²) < 4.78 is 5.11. The molecule has 5 nitrogen and oxygen atoms in total. The van der Waals surface area contributed by atoms with Gasteiger partial charge in [0.25, 0.3) is 0 Å². The van der Waals surface area contributed by atoms with Crippen molar-refractivity contribution in [1.29, 1.82) is 0 Å². The van der Waals surface area contributed by atoms with Crippen LogP contribution >= 0.6 is 0 Å². The van der Waals surface area contributed by atoms with Crippen LogP contribution in [-0.4, -0.2) is 42.1 Å². The Morgan fingerprint density at radius 2 is 1.95 bits per heavy atom. The minimum absolute atomic E-state index is 0.0520. The van der Waals surface area contributed by atoms with E-state index in [1.165, 1.54) is 19.3 Å². The van der Waals surface area contributed by atoms with Crippen LogP contribution in [0.3, 0.4) is 0 Å². The van der Waals surface area contributed by atoms with E-state index in [1.807, 2.05) is 13.8 Å². The predicted molar refractivity (Wildman–Crippen MR) is 82.2 cm³/mol. The average Bonchev–Trinajstić information content (AvgIpc) is 2.78. The van der Waals surface area contributed by atoms with E-state index in [0.29, 0.717) is 6.42 Å². The van der Waals surface area contributed by atoms with Crippen LogP contribution in [0.2, 0.25) is 0 Å². The van der Waals surface area contributed by atoms with Crippen LogP contribution in [-0.2, 0) is 11.2 Å². The number of hydrogen-bond donors (Lipinski definition) is 1. The van der Waals surface area contributed by atoms with Gasteiger partial charge in [-0.3, -0.25) is 4.79 Å². The number of aromatic nitrogens is 1. The molecule has 0 bridgehead atoms. The van der Waals surface area contributed by atoms with Gasteiger partial charge in [-0.15, -0.1) is 0 Å². The fourth-order valence-corrected chi connectivity index (χ4v) is 3.23. The zero-order valence-electron chi connectivity index (χ0n) is 13.7. The number of carbonyl (C=O) groups is 1. The van der Waals surface area contributed by atoms with E-state index in [4.69, 9.17) is 4.52 Å². The summed E-state index contributed by atoms with van der Waals surface area (Å²) in [6, 6.07) is 0. The van der Waals surface area contributed by atoms with Crippen LogP contribution in [0.5, 0.6) is 0 Å². The summed E-state index contributed by atoms with van der Waals surface area (Å²) >= 11 is 0. The van der Waals surface area contributed by atoms with Crippen LogP contribution in [0.4, 0.5) is 0 Å². The Kier molecular flexibility index (Phi) is 5.04. The SMILES string of the molecule is Cc1noc(C)c1CC(=O)NCC1(N(C)C)CCCCC1. The highest BCUT2D eigenvalue weighted by atomic mass is 16.5. The van der Waals surface area contributed by atoms with Crippen molar-refractivity contribution < 1.29 is 9.32 Å². The second kappa shape index (κ2) is 6.60. The highest BCUT2D eigenvalue weighted by molar-refractivity contribution is 5.79. The predicted octanol–water partition coefficient (Wildman–Crippen LogP) is 2.21. The molecule has 0 radical (unpaired) electrons. The van der Waals surface area contributed by atoms with E-state index in [-0.39, 0.29) is 11.4 Å². The fourth-order valence-electron chi connectivity index (χ4n) is 3.23. The van der Waals surface area contributed by atoms with Crippen molar-refractivity contribution in [1.82, 2.24) is 15.4 Å². The molecule has 0 spiro atoms. The Labute approximate surface area is 127 Å². The molecule has 1 aliphatic carbocycles. The van der Waals surface area contributed by atoms with Gasteiger partial charge in [0.2, 0.25) is 5.91 Å². The van der Waals surface area contributed by atoms with Gasteiger partial charge >= 0.3 is 0 Å². The summed E-state index contributed by atoms with van der Waals surface area (Å²) in [6.07, 6.45) is 6.47. The Morgan fingerprint density at radius 1 is 1.29 bits per heavy atom. The first-order valence-corrected chi connectivity index (χ1v) is 7.80.